The molecule has 0 amide bonds. The highest BCUT2D eigenvalue weighted by Gasteiger charge is 2.03. The first-order chi connectivity index (χ1) is 6.70. The van der Waals surface area contributed by atoms with E-state index in [1.54, 1.807) is 18.2 Å². The van der Waals surface area contributed by atoms with Crippen molar-refractivity contribution >= 4 is 28.3 Å². The van der Waals surface area contributed by atoms with Crippen LogP contribution in [-0.2, 0) is 0 Å². The van der Waals surface area contributed by atoms with E-state index in [4.69, 9.17) is 17.4 Å². The second-order valence-corrected chi connectivity index (χ2v) is 3.16. The van der Waals surface area contributed by atoms with Gasteiger partial charge in [-0.1, -0.05) is 11.6 Å². The number of H-pyrrole nitrogens is 1. The summed E-state index contributed by atoms with van der Waals surface area (Å²) in [6.45, 7) is 0. The Labute approximate surface area is 83.9 Å². The van der Waals surface area contributed by atoms with Gasteiger partial charge in [0.1, 0.15) is 0 Å². The fraction of sp³-hybridized carbons (Fsp3) is 0. The van der Waals surface area contributed by atoms with Crippen molar-refractivity contribution in [3.8, 4) is 0 Å². The van der Waals surface area contributed by atoms with Crippen LogP contribution in [0.25, 0.3) is 10.9 Å². The summed E-state index contributed by atoms with van der Waals surface area (Å²) in [5.74, 6) is 5.54. The zero-order valence-corrected chi connectivity index (χ0v) is 7.80. The lowest BCUT2D eigenvalue weighted by Gasteiger charge is -2.03. The summed E-state index contributed by atoms with van der Waals surface area (Å²) >= 11 is 5.80. The summed E-state index contributed by atoms with van der Waals surface area (Å²) in [6.07, 6.45) is 0. The Balaban J connectivity index is 2.88. The first kappa shape index (κ1) is 8.98. The van der Waals surface area contributed by atoms with Crippen LogP contribution in [0.5, 0.6) is 0 Å². The van der Waals surface area contributed by atoms with Crippen LogP contribution in [0, 0.1) is 0 Å². The van der Waals surface area contributed by atoms with Gasteiger partial charge >= 0.3 is 5.69 Å². The van der Waals surface area contributed by atoms with Crippen molar-refractivity contribution in [2.24, 2.45) is 5.84 Å². The molecule has 1 heterocycles. The summed E-state index contributed by atoms with van der Waals surface area (Å²) < 4.78 is 0. The largest absolute Gasteiger partial charge is 0.347 e. The van der Waals surface area contributed by atoms with Crippen LogP contribution in [0.15, 0.2) is 23.0 Å². The van der Waals surface area contributed by atoms with Crippen molar-refractivity contribution in [2.75, 3.05) is 5.43 Å². The van der Waals surface area contributed by atoms with Crippen LogP contribution in [0.2, 0.25) is 5.02 Å². The zero-order valence-electron chi connectivity index (χ0n) is 7.04. The molecule has 0 spiro atoms. The lowest BCUT2D eigenvalue weighted by Crippen LogP contribution is -2.17. The minimum Gasteiger partial charge on any atom is -0.308 e. The second kappa shape index (κ2) is 3.28. The van der Waals surface area contributed by atoms with Crippen molar-refractivity contribution in [1.82, 2.24) is 9.97 Å². The van der Waals surface area contributed by atoms with Crippen LogP contribution < -0.4 is 17.0 Å². The molecule has 0 fully saturated rings. The average Bonchev–Trinajstić information content (AvgIpc) is 2.17. The number of aromatic nitrogens is 2. The van der Waals surface area contributed by atoms with Crippen molar-refractivity contribution in [2.45, 2.75) is 0 Å². The third-order valence-electron chi connectivity index (χ3n) is 1.83. The summed E-state index contributed by atoms with van der Waals surface area (Å²) in [7, 11) is 0. The minimum atomic E-state index is -0.451. The SMILES string of the molecule is NNc1nc(=O)[nH]c2ccc(Cl)cc12. The number of nitrogens with two attached hydrogens (primary N) is 1. The Hall–Kier alpha value is -1.59. The van der Waals surface area contributed by atoms with Crippen molar-refractivity contribution in [1.29, 1.82) is 0 Å². The number of nitrogens with one attached hydrogen (secondary N) is 2. The van der Waals surface area contributed by atoms with Crippen LogP contribution in [0.4, 0.5) is 5.82 Å². The van der Waals surface area contributed by atoms with E-state index >= 15 is 0 Å². The van der Waals surface area contributed by atoms with Crippen LogP contribution in [-0.4, -0.2) is 9.97 Å². The Bertz CT molecular complexity index is 536. The fourth-order valence-corrected chi connectivity index (χ4v) is 1.41. The highest BCUT2D eigenvalue weighted by molar-refractivity contribution is 6.31. The van der Waals surface area contributed by atoms with Gasteiger partial charge in [0.05, 0.1) is 5.52 Å². The Morgan fingerprint density at radius 1 is 1.50 bits per heavy atom. The second-order valence-electron chi connectivity index (χ2n) is 2.72. The van der Waals surface area contributed by atoms with Crippen molar-refractivity contribution < 1.29 is 0 Å². The number of fused-ring (bicyclic) bond motifs is 1. The maximum atomic E-state index is 11.1. The number of halogens is 1. The van der Waals surface area contributed by atoms with Gasteiger partial charge in [-0.05, 0) is 18.2 Å². The summed E-state index contributed by atoms with van der Waals surface area (Å²) in [4.78, 5) is 17.3. The van der Waals surface area contributed by atoms with Gasteiger partial charge in [0, 0.05) is 10.4 Å². The van der Waals surface area contributed by atoms with Gasteiger partial charge in [-0.2, -0.15) is 4.98 Å². The maximum absolute atomic E-state index is 11.1. The molecular formula is C8H7ClN4O. The molecule has 0 aliphatic rings. The molecule has 72 valence electrons. The number of nitrogens with zero attached hydrogens (tertiary/aromatic N) is 1. The van der Waals surface area contributed by atoms with Crippen molar-refractivity contribution in [3.05, 3.63) is 33.7 Å². The third kappa shape index (κ3) is 1.43. The summed E-state index contributed by atoms with van der Waals surface area (Å²) in [5, 5.41) is 1.24. The van der Waals surface area contributed by atoms with E-state index in [0.29, 0.717) is 21.7 Å². The number of hydrogen-bond acceptors (Lipinski definition) is 4. The van der Waals surface area contributed by atoms with Gasteiger partial charge in [-0.25, -0.2) is 10.6 Å². The third-order valence-corrected chi connectivity index (χ3v) is 2.06. The van der Waals surface area contributed by atoms with Crippen LogP contribution in [0.3, 0.4) is 0 Å². The number of hydrogen-bond donors (Lipinski definition) is 3. The normalized spacial score (nSPS) is 10.4. The monoisotopic (exact) mass is 210 g/mol. The van der Waals surface area contributed by atoms with Gasteiger partial charge in [0.2, 0.25) is 0 Å². The Morgan fingerprint density at radius 3 is 3.00 bits per heavy atom. The standard InChI is InChI=1S/C8H7ClN4O/c9-4-1-2-6-5(3-4)7(13-10)12-8(14)11-6/h1-3H,10H2,(H2,11,12,13,14). The van der Waals surface area contributed by atoms with E-state index in [1.165, 1.54) is 0 Å². The molecular weight excluding hydrogens is 204 g/mol. The highest BCUT2D eigenvalue weighted by Crippen LogP contribution is 2.20. The van der Waals surface area contributed by atoms with E-state index in [-0.39, 0.29) is 0 Å². The smallest absolute Gasteiger partial charge is 0.308 e. The topological polar surface area (TPSA) is 83.8 Å². The molecule has 2 rings (SSSR count). The quantitative estimate of drug-likeness (QED) is 0.482. The Kier molecular flexibility index (Phi) is 2.11. The molecule has 14 heavy (non-hydrogen) atoms. The molecule has 0 saturated heterocycles. The number of hydrazine groups is 1. The summed E-state index contributed by atoms with van der Waals surface area (Å²) in [5.41, 5.74) is 2.54. The molecule has 5 nitrogen and oxygen atoms in total. The van der Waals surface area contributed by atoms with Gasteiger partial charge in [0.25, 0.3) is 0 Å². The fourth-order valence-electron chi connectivity index (χ4n) is 1.24. The first-order valence-electron chi connectivity index (χ1n) is 3.87. The molecule has 0 aliphatic heterocycles. The molecule has 6 heteroatoms. The number of nitrogen functional groups attached to an aromatic ring is 1. The predicted octanol–water partition coefficient (Wildman–Crippen LogP) is 0.862. The van der Waals surface area contributed by atoms with Crippen LogP contribution in [0.1, 0.15) is 0 Å². The first-order valence-corrected chi connectivity index (χ1v) is 4.24. The van der Waals surface area contributed by atoms with Gasteiger partial charge < -0.3 is 10.4 Å². The zero-order chi connectivity index (χ0) is 10.1. The molecule has 0 atom stereocenters. The molecule has 1 aromatic heterocycles. The van der Waals surface area contributed by atoms with Gasteiger partial charge in [-0.3, -0.25) is 0 Å². The van der Waals surface area contributed by atoms with E-state index in [9.17, 15) is 4.79 Å². The lowest BCUT2D eigenvalue weighted by molar-refractivity contribution is 1.10. The highest BCUT2D eigenvalue weighted by atomic mass is 35.5. The molecule has 4 N–H and O–H groups in total. The Morgan fingerprint density at radius 2 is 2.29 bits per heavy atom. The molecule has 0 bridgehead atoms. The van der Waals surface area contributed by atoms with Gasteiger partial charge in [0.15, 0.2) is 5.82 Å². The van der Waals surface area contributed by atoms with Crippen LogP contribution >= 0.6 is 11.6 Å². The van der Waals surface area contributed by atoms with E-state index in [1.807, 2.05) is 0 Å². The number of rotatable bonds is 1. The summed E-state index contributed by atoms with van der Waals surface area (Å²) in [6, 6.07) is 5.05. The molecule has 2 aromatic rings. The number of anilines is 1. The number of benzene rings is 1. The number of aromatic amines is 1. The molecule has 1 aromatic carbocycles. The predicted molar refractivity (Wildman–Crippen MR) is 55.2 cm³/mol. The average molecular weight is 211 g/mol. The van der Waals surface area contributed by atoms with Gasteiger partial charge in [-0.15, -0.1) is 0 Å². The molecule has 0 aliphatic carbocycles. The van der Waals surface area contributed by atoms with E-state index < -0.39 is 5.69 Å². The molecule has 0 saturated carbocycles. The minimum absolute atomic E-state index is 0.311. The van der Waals surface area contributed by atoms with Crippen molar-refractivity contribution in [3.63, 3.8) is 0 Å². The maximum Gasteiger partial charge on any atom is 0.347 e. The van der Waals surface area contributed by atoms with E-state index in [0.717, 1.165) is 0 Å². The molecule has 0 unspecified atom stereocenters. The lowest BCUT2D eigenvalue weighted by atomic mass is 10.2. The van der Waals surface area contributed by atoms with E-state index in [2.05, 4.69) is 15.4 Å². The molecule has 0 radical (unpaired) electrons.